The summed E-state index contributed by atoms with van der Waals surface area (Å²) in [6, 6.07) is 7.96. The van der Waals surface area contributed by atoms with Crippen LogP contribution in [0.1, 0.15) is 33.1 Å². The number of likely N-dealkylation sites (tertiary alicyclic amines) is 1. The molecule has 25 heavy (non-hydrogen) atoms. The summed E-state index contributed by atoms with van der Waals surface area (Å²) < 4.78 is 0. The fourth-order valence-corrected chi connectivity index (χ4v) is 4.55. The van der Waals surface area contributed by atoms with Crippen molar-refractivity contribution < 1.29 is 4.79 Å². The SMILES string of the molecule is CC1CC(C)CN(C(=O)C2CCCN2c2ncnc3ccccc23)C1. The van der Waals surface area contributed by atoms with Gasteiger partial charge in [-0.1, -0.05) is 26.0 Å². The van der Waals surface area contributed by atoms with Gasteiger partial charge in [0.05, 0.1) is 5.52 Å². The number of fused-ring (bicyclic) bond motifs is 1. The predicted octanol–water partition coefficient (Wildman–Crippen LogP) is 3.10. The molecule has 0 bridgehead atoms. The molecule has 2 fully saturated rings. The lowest BCUT2D eigenvalue weighted by Gasteiger charge is -2.38. The number of rotatable bonds is 2. The monoisotopic (exact) mass is 338 g/mol. The third-order valence-corrected chi connectivity index (χ3v) is 5.51. The van der Waals surface area contributed by atoms with E-state index in [1.54, 1.807) is 6.33 Å². The van der Waals surface area contributed by atoms with E-state index in [4.69, 9.17) is 0 Å². The zero-order chi connectivity index (χ0) is 17.4. The largest absolute Gasteiger partial charge is 0.344 e. The average molecular weight is 338 g/mol. The van der Waals surface area contributed by atoms with Crippen molar-refractivity contribution in [2.45, 2.75) is 39.2 Å². The van der Waals surface area contributed by atoms with E-state index >= 15 is 0 Å². The first kappa shape index (κ1) is 16.3. The van der Waals surface area contributed by atoms with Crippen molar-refractivity contribution in [1.29, 1.82) is 0 Å². The second-order valence-electron chi connectivity index (χ2n) is 7.76. The molecule has 2 aromatic rings. The van der Waals surface area contributed by atoms with Crippen LogP contribution in [0.5, 0.6) is 0 Å². The molecule has 132 valence electrons. The molecule has 0 spiro atoms. The summed E-state index contributed by atoms with van der Waals surface area (Å²) in [7, 11) is 0. The van der Waals surface area contributed by atoms with Gasteiger partial charge in [0.25, 0.3) is 0 Å². The molecule has 3 unspecified atom stereocenters. The Balaban J connectivity index is 1.63. The van der Waals surface area contributed by atoms with Gasteiger partial charge in [0.2, 0.25) is 5.91 Å². The zero-order valence-electron chi connectivity index (χ0n) is 15.1. The highest BCUT2D eigenvalue weighted by atomic mass is 16.2. The van der Waals surface area contributed by atoms with Crippen molar-refractivity contribution in [2.75, 3.05) is 24.5 Å². The molecule has 1 aromatic carbocycles. The Kier molecular flexibility index (Phi) is 4.32. The average Bonchev–Trinajstić information content (AvgIpc) is 3.09. The van der Waals surface area contributed by atoms with E-state index in [0.29, 0.717) is 11.8 Å². The smallest absolute Gasteiger partial charge is 0.245 e. The zero-order valence-corrected chi connectivity index (χ0v) is 15.1. The number of carbonyl (C=O) groups excluding carboxylic acids is 1. The van der Waals surface area contributed by atoms with Gasteiger partial charge in [0.1, 0.15) is 18.2 Å². The Hall–Kier alpha value is -2.17. The summed E-state index contributed by atoms with van der Waals surface area (Å²) in [5.41, 5.74) is 0.936. The number of hydrogen-bond donors (Lipinski definition) is 0. The molecule has 0 N–H and O–H groups in total. The summed E-state index contributed by atoms with van der Waals surface area (Å²) in [5.74, 6) is 2.35. The van der Waals surface area contributed by atoms with Gasteiger partial charge >= 0.3 is 0 Å². The minimum absolute atomic E-state index is 0.0872. The van der Waals surface area contributed by atoms with Gasteiger partial charge in [0, 0.05) is 25.0 Å². The molecule has 3 heterocycles. The van der Waals surface area contributed by atoms with Crippen molar-refractivity contribution in [3.8, 4) is 0 Å². The molecular formula is C20H26N4O. The minimum Gasteiger partial charge on any atom is -0.344 e. The number of para-hydroxylation sites is 1. The Morgan fingerprint density at radius 1 is 1.12 bits per heavy atom. The van der Waals surface area contributed by atoms with E-state index in [1.807, 2.05) is 18.2 Å². The highest BCUT2D eigenvalue weighted by molar-refractivity contribution is 5.93. The number of benzene rings is 1. The van der Waals surface area contributed by atoms with Crippen molar-refractivity contribution >= 4 is 22.6 Å². The molecule has 2 aliphatic heterocycles. The first-order valence-electron chi connectivity index (χ1n) is 9.38. The standard InChI is InChI=1S/C20H26N4O/c1-14-10-15(2)12-23(11-14)20(25)18-8-5-9-24(18)19-16-6-3-4-7-17(16)21-13-22-19/h3-4,6-7,13-15,18H,5,8-12H2,1-2H3. The lowest BCUT2D eigenvalue weighted by atomic mass is 9.91. The van der Waals surface area contributed by atoms with Crippen LogP contribution in [-0.2, 0) is 4.79 Å². The summed E-state index contributed by atoms with van der Waals surface area (Å²) in [6.07, 6.45) is 4.78. The minimum atomic E-state index is -0.0872. The predicted molar refractivity (Wildman–Crippen MR) is 99.4 cm³/mol. The maximum absolute atomic E-state index is 13.3. The first-order chi connectivity index (χ1) is 12.1. The highest BCUT2D eigenvalue weighted by Gasteiger charge is 2.37. The molecule has 2 aliphatic rings. The van der Waals surface area contributed by atoms with Crippen molar-refractivity contribution in [3.63, 3.8) is 0 Å². The van der Waals surface area contributed by atoms with E-state index < -0.39 is 0 Å². The van der Waals surface area contributed by atoms with Crippen LogP contribution in [0.25, 0.3) is 10.9 Å². The number of hydrogen-bond acceptors (Lipinski definition) is 4. The van der Waals surface area contributed by atoms with E-state index in [9.17, 15) is 4.79 Å². The fourth-order valence-electron chi connectivity index (χ4n) is 4.55. The number of nitrogens with zero attached hydrogens (tertiary/aromatic N) is 4. The van der Waals surface area contributed by atoms with Crippen molar-refractivity contribution in [2.24, 2.45) is 11.8 Å². The number of piperidine rings is 1. The van der Waals surface area contributed by atoms with E-state index in [0.717, 1.165) is 49.2 Å². The van der Waals surface area contributed by atoms with E-state index in [1.165, 1.54) is 6.42 Å². The van der Waals surface area contributed by atoms with Gasteiger partial charge in [-0.2, -0.15) is 0 Å². The van der Waals surface area contributed by atoms with Gasteiger partial charge in [-0.3, -0.25) is 4.79 Å². The lowest BCUT2D eigenvalue weighted by Crippen LogP contribution is -2.50. The number of carbonyl (C=O) groups is 1. The van der Waals surface area contributed by atoms with E-state index in [-0.39, 0.29) is 11.9 Å². The molecule has 5 heteroatoms. The van der Waals surface area contributed by atoms with Crippen LogP contribution in [0, 0.1) is 11.8 Å². The van der Waals surface area contributed by atoms with Gasteiger partial charge < -0.3 is 9.80 Å². The quantitative estimate of drug-likeness (QED) is 0.844. The molecule has 1 aromatic heterocycles. The number of anilines is 1. The van der Waals surface area contributed by atoms with Crippen LogP contribution < -0.4 is 4.90 Å². The number of amides is 1. The summed E-state index contributed by atoms with van der Waals surface area (Å²) in [4.78, 5) is 26.4. The van der Waals surface area contributed by atoms with Crippen LogP contribution in [0.15, 0.2) is 30.6 Å². The maximum atomic E-state index is 13.3. The lowest BCUT2D eigenvalue weighted by molar-refractivity contribution is -0.135. The molecule has 0 aliphatic carbocycles. The Morgan fingerprint density at radius 2 is 1.88 bits per heavy atom. The molecule has 0 radical (unpaired) electrons. The molecular weight excluding hydrogens is 312 g/mol. The van der Waals surface area contributed by atoms with Crippen LogP contribution in [0.4, 0.5) is 5.82 Å². The van der Waals surface area contributed by atoms with Crippen molar-refractivity contribution in [1.82, 2.24) is 14.9 Å². The third-order valence-electron chi connectivity index (χ3n) is 5.51. The maximum Gasteiger partial charge on any atom is 0.245 e. The molecule has 3 atom stereocenters. The van der Waals surface area contributed by atoms with Gasteiger partial charge in [0.15, 0.2) is 0 Å². The van der Waals surface area contributed by atoms with Crippen LogP contribution in [-0.4, -0.2) is 46.5 Å². The van der Waals surface area contributed by atoms with E-state index in [2.05, 4.69) is 39.7 Å². The van der Waals surface area contributed by atoms with Gasteiger partial charge in [-0.05, 0) is 43.2 Å². The molecule has 2 saturated heterocycles. The Bertz CT molecular complexity index is 762. The Morgan fingerprint density at radius 3 is 2.68 bits per heavy atom. The van der Waals surface area contributed by atoms with Crippen molar-refractivity contribution in [3.05, 3.63) is 30.6 Å². The summed E-state index contributed by atoms with van der Waals surface area (Å²) in [5, 5.41) is 1.03. The van der Waals surface area contributed by atoms with Gasteiger partial charge in [-0.25, -0.2) is 9.97 Å². The normalized spacial score (nSPS) is 27.0. The fraction of sp³-hybridized carbons (Fsp3) is 0.550. The highest BCUT2D eigenvalue weighted by Crippen LogP contribution is 2.31. The number of aromatic nitrogens is 2. The van der Waals surface area contributed by atoms with Crippen LogP contribution in [0.2, 0.25) is 0 Å². The molecule has 1 amide bonds. The topological polar surface area (TPSA) is 49.3 Å². The first-order valence-corrected chi connectivity index (χ1v) is 9.38. The summed E-state index contributed by atoms with van der Waals surface area (Å²) in [6.45, 7) is 7.16. The third kappa shape index (κ3) is 3.08. The second kappa shape index (κ2) is 6.62. The van der Waals surface area contributed by atoms with Gasteiger partial charge in [-0.15, -0.1) is 0 Å². The van der Waals surface area contributed by atoms with Crippen LogP contribution in [0.3, 0.4) is 0 Å². The Labute approximate surface area is 149 Å². The van der Waals surface area contributed by atoms with Crippen LogP contribution >= 0.6 is 0 Å². The summed E-state index contributed by atoms with van der Waals surface area (Å²) >= 11 is 0. The molecule has 4 rings (SSSR count). The molecule has 5 nitrogen and oxygen atoms in total. The second-order valence-corrected chi connectivity index (χ2v) is 7.76. The molecule has 0 saturated carbocycles.